The van der Waals surface area contributed by atoms with Crippen LogP contribution < -0.4 is 11.1 Å². The fraction of sp³-hybridized carbons (Fsp3) is 0.462. The quantitative estimate of drug-likeness (QED) is 0.880. The smallest absolute Gasteiger partial charge is 0.252 e. The molecule has 0 aromatic heterocycles. The molecule has 0 radical (unpaired) electrons. The number of nitrogens with one attached hydrogen (secondary N) is 1. The first kappa shape index (κ1) is 16.4. The molecule has 2 atom stereocenters. The third kappa shape index (κ3) is 3.91. The normalized spacial score (nSPS) is 21.8. The summed E-state index contributed by atoms with van der Waals surface area (Å²) in [5, 5.41) is 2.95. The fourth-order valence-corrected chi connectivity index (χ4v) is 2.85. The van der Waals surface area contributed by atoms with Crippen LogP contribution in [0.1, 0.15) is 29.6 Å². The maximum absolute atomic E-state index is 13.1. The van der Waals surface area contributed by atoms with Gasteiger partial charge in [-0.1, -0.05) is 6.42 Å². The summed E-state index contributed by atoms with van der Waals surface area (Å²) in [7, 11) is 0. The van der Waals surface area contributed by atoms with Gasteiger partial charge < -0.3 is 11.1 Å². The first-order chi connectivity index (χ1) is 8.61. The Kier molecular flexibility index (Phi) is 6.23. The van der Waals surface area contributed by atoms with Crippen molar-refractivity contribution in [3.8, 4) is 0 Å². The lowest BCUT2D eigenvalue weighted by Crippen LogP contribution is -2.40. The summed E-state index contributed by atoms with van der Waals surface area (Å²) < 4.78 is 13.7. The lowest BCUT2D eigenvalue weighted by Gasteiger charge is -2.19. The van der Waals surface area contributed by atoms with Crippen LogP contribution in [0.4, 0.5) is 4.39 Å². The summed E-state index contributed by atoms with van der Waals surface area (Å²) >= 11 is 3.26. The maximum Gasteiger partial charge on any atom is 0.252 e. The van der Waals surface area contributed by atoms with Gasteiger partial charge in [0.15, 0.2) is 0 Å². The molecule has 6 heteroatoms. The molecular formula is C13H17BrClFN2O. The molecule has 19 heavy (non-hydrogen) atoms. The highest BCUT2D eigenvalue weighted by Crippen LogP contribution is 2.25. The minimum atomic E-state index is -0.412. The number of amides is 1. The van der Waals surface area contributed by atoms with Crippen molar-refractivity contribution < 1.29 is 9.18 Å². The first-order valence-corrected chi connectivity index (χ1v) is 6.87. The van der Waals surface area contributed by atoms with Gasteiger partial charge in [-0.05, 0) is 59.4 Å². The highest BCUT2D eigenvalue weighted by molar-refractivity contribution is 9.10. The number of benzene rings is 1. The topological polar surface area (TPSA) is 55.1 Å². The molecule has 0 saturated heterocycles. The number of hydrogen-bond donors (Lipinski definition) is 2. The predicted octanol–water partition coefficient (Wildman–Crippen LogP) is 2.87. The summed E-state index contributed by atoms with van der Waals surface area (Å²) in [6.45, 7) is 0.579. The molecule has 0 heterocycles. The van der Waals surface area contributed by atoms with Crippen molar-refractivity contribution in [1.82, 2.24) is 5.32 Å². The third-order valence-electron chi connectivity index (χ3n) is 3.45. The van der Waals surface area contributed by atoms with E-state index in [0.29, 0.717) is 22.5 Å². The lowest BCUT2D eigenvalue weighted by atomic mass is 10.0. The van der Waals surface area contributed by atoms with Crippen molar-refractivity contribution in [1.29, 1.82) is 0 Å². The summed E-state index contributed by atoms with van der Waals surface area (Å²) in [5.41, 5.74) is 6.00. The Morgan fingerprint density at radius 2 is 2.21 bits per heavy atom. The number of halogens is 3. The van der Waals surface area contributed by atoms with Crippen molar-refractivity contribution in [2.45, 2.75) is 25.3 Å². The van der Waals surface area contributed by atoms with Crippen molar-refractivity contribution in [3.63, 3.8) is 0 Å². The van der Waals surface area contributed by atoms with E-state index in [0.717, 1.165) is 19.3 Å². The number of nitrogens with two attached hydrogens (primary N) is 1. The first-order valence-electron chi connectivity index (χ1n) is 6.08. The average molecular weight is 352 g/mol. The van der Waals surface area contributed by atoms with Gasteiger partial charge in [0, 0.05) is 10.5 Å². The van der Waals surface area contributed by atoms with E-state index in [9.17, 15) is 9.18 Å². The molecule has 2 unspecified atom stereocenters. The zero-order valence-electron chi connectivity index (χ0n) is 10.4. The van der Waals surface area contributed by atoms with Crippen LogP contribution in [0.15, 0.2) is 22.7 Å². The van der Waals surface area contributed by atoms with Crippen LogP contribution in [0, 0.1) is 11.7 Å². The molecule has 3 N–H and O–H groups in total. The molecule has 1 amide bonds. The van der Waals surface area contributed by atoms with E-state index in [1.54, 1.807) is 6.07 Å². The van der Waals surface area contributed by atoms with Gasteiger partial charge in [-0.25, -0.2) is 4.39 Å². The second-order valence-electron chi connectivity index (χ2n) is 4.63. The molecular weight excluding hydrogens is 335 g/mol. The molecule has 106 valence electrons. The van der Waals surface area contributed by atoms with Gasteiger partial charge in [-0.2, -0.15) is 0 Å². The minimum absolute atomic E-state index is 0. The van der Waals surface area contributed by atoms with Gasteiger partial charge in [0.2, 0.25) is 0 Å². The Morgan fingerprint density at radius 3 is 2.89 bits per heavy atom. The summed E-state index contributed by atoms with van der Waals surface area (Å²) in [6.07, 6.45) is 3.07. The summed E-state index contributed by atoms with van der Waals surface area (Å²) in [4.78, 5) is 12.1. The second-order valence-corrected chi connectivity index (χ2v) is 5.49. The van der Waals surface area contributed by atoms with E-state index in [-0.39, 0.29) is 24.4 Å². The zero-order chi connectivity index (χ0) is 13.1. The standard InChI is InChI=1S/C13H16BrFN2O.ClH/c14-11-5-4-9(15)6-10(11)13(18)17-12-3-1-2-8(12)7-16;/h4-6,8,12H,1-3,7,16H2,(H,17,18);1H. The predicted molar refractivity (Wildman–Crippen MR) is 79.0 cm³/mol. The van der Waals surface area contributed by atoms with Crippen molar-refractivity contribution in [2.75, 3.05) is 6.54 Å². The van der Waals surface area contributed by atoms with Gasteiger partial charge in [-0.15, -0.1) is 12.4 Å². The number of carbonyl (C=O) groups excluding carboxylic acids is 1. The largest absolute Gasteiger partial charge is 0.349 e. The Bertz CT molecular complexity index is 458. The van der Waals surface area contributed by atoms with E-state index in [4.69, 9.17) is 5.73 Å². The summed E-state index contributed by atoms with van der Waals surface area (Å²) in [6, 6.07) is 4.21. The van der Waals surface area contributed by atoms with Gasteiger partial charge in [0.05, 0.1) is 5.56 Å². The maximum atomic E-state index is 13.1. The minimum Gasteiger partial charge on any atom is -0.349 e. The van der Waals surface area contributed by atoms with Crippen molar-refractivity contribution >= 4 is 34.2 Å². The monoisotopic (exact) mass is 350 g/mol. The number of hydrogen-bond acceptors (Lipinski definition) is 2. The van der Waals surface area contributed by atoms with Crippen LogP contribution in [0.5, 0.6) is 0 Å². The number of carbonyl (C=O) groups is 1. The van der Waals surface area contributed by atoms with E-state index in [2.05, 4.69) is 21.2 Å². The molecule has 0 spiro atoms. The Morgan fingerprint density at radius 1 is 1.47 bits per heavy atom. The molecule has 1 aliphatic carbocycles. The van der Waals surface area contributed by atoms with E-state index >= 15 is 0 Å². The highest BCUT2D eigenvalue weighted by Gasteiger charge is 2.28. The van der Waals surface area contributed by atoms with Gasteiger partial charge in [0.1, 0.15) is 5.82 Å². The molecule has 1 aromatic rings. The molecule has 1 aliphatic rings. The molecule has 1 aromatic carbocycles. The lowest BCUT2D eigenvalue weighted by molar-refractivity contribution is 0.0927. The Labute approximate surface area is 126 Å². The van der Waals surface area contributed by atoms with Crippen molar-refractivity contribution in [2.24, 2.45) is 11.7 Å². The Balaban J connectivity index is 0.00000180. The third-order valence-corrected chi connectivity index (χ3v) is 4.14. The van der Waals surface area contributed by atoms with Crippen LogP contribution >= 0.6 is 28.3 Å². The van der Waals surface area contributed by atoms with Gasteiger partial charge >= 0.3 is 0 Å². The van der Waals surface area contributed by atoms with Crippen LogP contribution in [0.3, 0.4) is 0 Å². The van der Waals surface area contributed by atoms with Crippen LogP contribution in [-0.4, -0.2) is 18.5 Å². The molecule has 3 nitrogen and oxygen atoms in total. The molecule has 0 bridgehead atoms. The van der Waals surface area contributed by atoms with Crippen LogP contribution in [-0.2, 0) is 0 Å². The second kappa shape index (κ2) is 7.22. The van der Waals surface area contributed by atoms with Gasteiger partial charge in [-0.3, -0.25) is 4.79 Å². The molecule has 0 aliphatic heterocycles. The molecule has 1 saturated carbocycles. The fourth-order valence-electron chi connectivity index (χ4n) is 2.43. The zero-order valence-corrected chi connectivity index (χ0v) is 12.8. The number of rotatable bonds is 3. The SMILES string of the molecule is Cl.NCC1CCCC1NC(=O)c1cc(F)ccc1Br. The van der Waals surface area contributed by atoms with E-state index < -0.39 is 5.82 Å². The Hall–Kier alpha value is -0.650. The molecule has 2 rings (SSSR count). The van der Waals surface area contributed by atoms with Crippen LogP contribution in [0.25, 0.3) is 0 Å². The van der Waals surface area contributed by atoms with E-state index in [1.165, 1.54) is 12.1 Å². The summed E-state index contributed by atoms with van der Waals surface area (Å²) in [5.74, 6) is -0.321. The average Bonchev–Trinajstić information content (AvgIpc) is 2.79. The van der Waals surface area contributed by atoms with E-state index in [1.807, 2.05) is 0 Å². The highest BCUT2D eigenvalue weighted by atomic mass is 79.9. The molecule has 1 fully saturated rings. The van der Waals surface area contributed by atoms with Crippen molar-refractivity contribution in [3.05, 3.63) is 34.1 Å². The van der Waals surface area contributed by atoms with Gasteiger partial charge in [0.25, 0.3) is 5.91 Å². The van der Waals surface area contributed by atoms with Crippen LogP contribution in [0.2, 0.25) is 0 Å².